The standard InChI is InChI=1S/C13H26N6O/c1-6-19(7-2)13-17-11(14-5)16-12(18-13)15-9-10(4)20-8-3/h10H,6-9H2,1-5H3,(H2,14,15,16,17,18). The maximum absolute atomic E-state index is 5.48. The van der Waals surface area contributed by atoms with Gasteiger partial charge in [-0.3, -0.25) is 0 Å². The van der Waals surface area contributed by atoms with Crippen molar-refractivity contribution in [1.82, 2.24) is 15.0 Å². The molecule has 114 valence electrons. The smallest absolute Gasteiger partial charge is 0.231 e. The number of nitrogens with one attached hydrogen (secondary N) is 2. The number of ether oxygens (including phenoxy) is 1. The fourth-order valence-electron chi connectivity index (χ4n) is 1.78. The van der Waals surface area contributed by atoms with Crippen LogP contribution >= 0.6 is 0 Å². The molecular formula is C13H26N6O. The summed E-state index contributed by atoms with van der Waals surface area (Å²) < 4.78 is 5.48. The van der Waals surface area contributed by atoms with Crippen LogP contribution in [0.5, 0.6) is 0 Å². The van der Waals surface area contributed by atoms with Crippen molar-refractivity contribution < 1.29 is 4.74 Å². The van der Waals surface area contributed by atoms with Crippen LogP contribution in [0.4, 0.5) is 17.8 Å². The minimum absolute atomic E-state index is 0.117. The largest absolute Gasteiger partial charge is 0.377 e. The summed E-state index contributed by atoms with van der Waals surface area (Å²) in [5, 5.41) is 6.16. The molecule has 7 nitrogen and oxygen atoms in total. The van der Waals surface area contributed by atoms with Crippen LogP contribution in [0.3, 0.4) is 0 Å². The van der Waals surface area contributed by atoms with Crippen molar-refractivity contribution in [1.29, 1.82) is 0 Å². The third-order valence-corrected chi connectivity index (χ3v) is 2.89. The zero-order valence-corrected chi connectivity index (χ0v) is 13.1. The highest BCUT2D eigenvalue weighted by molar-refractivity contribution is 5.43. The van der Waals surface area contributed by atoms with Gasteiger partial charge in [0, 0.05) is 33.3 Å². The molecule has 1 rings (SSSR count). The Kier molecular flexibility index (Phi) is 7.00. The Balaban J connectivity index is 2.82. The van der Waals surface area contributed by atoms with E-state index in [4.69, 9.17) is 4.74 Å². The summed E-state index contributed by atoms with van der Waals surface area (Å²) in [4.78, 5) is 15.2. The first-order chi connectivity index (χ1) is 9.64. The van der Waals surface area contributed by atoms with Crippen molar-refractivity contribution in [2.24, 2.45) is 0 Å². The Hall–Kier alpha value is -1.63. The molecule has 0 aliphatic carbocycles. The molecule has 20 heavy (non-hydrogen) atoms. The second-order valence-electron chi connectivity index (χ2n) is 4.35. The topological polar surface area (TPSA) is 75.2 Å². The molecule has 0 saturated carbocycles. The molecule has 0 fully saturated rings. The van der Waals surface area contributed by atoms with E-state index in [1.54, 1.807) is 7.05 Å². The van der Waals surface area contributed by atoms with Gasteiger partial charge >= 0.3 is 0 Å². The predicted octanol–water partition coefficient (Wildman–Crippen LogP) is 1.60. The SMILES string of the molecule is CCOC(C)CNc1nc(NC)nc(N(CC)CC)n1. The monoisotopic (exact) mass is 282 g/mol. The molecule has 1 aromatic heterocycles. The van der Waals surface area contributed by atoms with E-state index in [9.17, 15) is 0 Å². The van der Waals surface area contributed by atoms with E-state index in [-0.39, 0.29) is 6.10 Å². The summed E-state index contributed by atoms with van der Waals surface area (Å²) in [6.07, 6.45) is 0.117. The number of aromatic nitrogens is 3. The minimum atomic E-state index is 0.117. The zero-order chi connectivity index (χ0) is 15.0. The molecular weight excluding hydrogens is 256 g/mol. The van der Waals surface area contributed by atoms with Gasteiger partial charge < -0.3 is 20.3 Å². The molecule has 0 spiro atoms. The molecule has 0 aliphatic rings. The molecule has 2 N–H and O–H groups in total. The van der Waals surface area contributed by atoms with Gasteiger partial charge in [-0.1, -0.05) is 0 Å². The molecule has 1 aromatic rings. The molecule has 7 heteroatoms. The van der Waals surface area contributed by atoms with Crippen molar-refractivity contribution >= 4 is 17.8 Å². The lowest BCUT2D eigenvalue weighted by Gasteiger charge is -2.20. The third-order valence-electron chi connectivity index (χ3n) is 2.89. The number of rotatable bonds is 9. The average molecular weight is 282 g/mol. The molecule has 0 saturated heterocycles. The highest BCUT2D eigenvalue weighted by Crippen LogP contribution is 2.13. The van der Waals surface area contributed by atoms with Crippen LogP contribution in [-0.2, 0) is 4.74 Å². The Morgan fingerprint density at radius 3 is 2.30 bits per heavy atom. The lowest BCUT2D eigenvalue weighted by molar-refractivity contribution is 0.0854. The predicted molar refractivity (Wildman–Crippen MR) is 82.5 cm³/mol. The molecule has 0 amide bonds. The summed E-state index contributed by atoms with van der Waals surface area (Å²) in [5.74, 6) is 1.81. The Bertz CT molecular complexity index is 396. The van der Waals surface area contributed by atoms with Crippen LogP contribution in [0.2, 0.25) is 0 Å². The number of hydrogen-bond donors (Lipinski definition) is 2. The van der Waals surface area contributed by atoms with Crippen LogP contribution in [0.1, 0.15) is 27.7 Å². The Morgan fingerprint density at radius 2 is 1.75 bits per heavy atom. The molecule has 0 aliphatic heterocycles. The fourth-order valence-corrected chi connectivity index (χ4v) is 1.78. The number of hydrogen-bond acceptors (Lipinski definition) is 7. The number of nitrogens with zero attached hydrogens (tertiary/aromatic N) is 4. The molecule has 0 bridgehead atoms. The van der Waals surface area contributed by atoms with E-state index >= 15 is 0 Å². The van der Waals surface area contributed by atoms with Gasteiger partial charge in [-0.05, 0) is 27.7 Å². The third kappa shape index (κ3) is 4.80. The summed E-state index contributed by atoms with van der Waals surface area (Å²) in [5.41, 5.74) is 0. The lowest BCUT2D eigenvalue weighted by Crippen LogP contribution is -2.26. The van der Waals surface area contributed by atoms with E-state index < -0.39 is 0 Å². The number of anilines is 3. The summed E-state index contributed by atoms with van der Waals surface area (Å²) in [7, 11) is 1.80. The van der Waals surface area contributed by atoms with E-state index in [1.807, 2.05) is 13.8 Å². The molecule has 0 aromatic carbocycles. The van der Waals surface area contributed by atoms with Gasteiger partial charge in [0.25, 0.3) is 0 Å². The minimum Gasteiger partial charge on any atom is -0.377 e. The average Bonchev–Trinajstić information content (AvgIpc) is 2.46. The van der Waals surface area contributed by atoms with Crippen molar-refractivity contribution in [3.8, 4) is 0 Å². The van der Waals surface area contributed by atoms with Gasteiger partial charge in [0.2, 0.25) is 17.8 Å². The highest BCUT2D eigenvalue weighted by Gasteiger charge is 2.11. The molecule has 1 heterocycles. The van der Waals surface area contributed by atoms with Crippen LogP contribution in [0.15, 0.2) is 0 Å². The second kappa shape index (κ2) is 8.52. The van der Waals surface area contributed by atoms with Crippen LogP contribution in [-0.4, -0.2) is 54.3 Å². The summed E-state index contributed by atoms with van der Waals surface area (Å²) >= 11 is 0. The van der Waals surface area contributed by atoms with Crippen LogP contribution in [0, 0.1) is 0 Å². The van der Waals surface area contributed by atoms with Gasteiger partial charge in [-0.2, -0.15) is 15.0 Å². The van der Waals surface area contributed by atoms with Crippen molar-refractivity contribution in [2.75, 3.05) is 48.8 Å². The fraction of sp³-hybridized carbons (Fsp3) is 0.769. The van der Waals surface area contributed by atoms with Crippen molar-refractivity contribution in [2.45, 2.75) is 33.8 Å². The van der Waals surface area contributed by atoms with E-state index in [2.05, 4.69) is 44.3 Å². The molecule has 1 atom stereocenters. The zero-order valence-electron chi connectivity index (χ0n) is 13.1. The maximum atomic E-state index is 5.48. The Morgan fingerprint density at radius 1 is 1.10 bits per heavy atom. The Labute approximate surface area is 121 Å². The van der Waals surface area contributed by atoms with Crippen molar-refractivity contribution in [3.63, 3.8) is 0 Å². The van der Waals surface area contributed by atoms with Gasteiger partial charge in [-0.25, -0.2) is 0 Å². The lowest BCUT2D eigenvalue weighted by atomic mass is 10.4. The second-order valence-corrected chi connectivity index (χ2v) is 4.35. The van der Waals surface area contributed by atoms with Crippen LogP contribution < -0.4 is 15.5 Å². The van der Waals surface area contributed by atoms with E-state index in [0.29, 0.717) is 31.0 Å². The first kappa shape index (κ1) is 16.4. The van der Waals surface area contributed by atoms with Crippen LogP contribution in [0.25, 0.3) is 0 Å². The van der Waals surface area contributed by atoms with Gasteiger partial charge in [0.1, 0.15) is 0 Å². The first-order valence-corrected chi connectivity index (χ1v) is 7.18. The molecule has 0 radical (unpaired) electrons. The van der Waals surface area contributed by atoms with Crippen molar-refractivity contribution in [3.05, 3.63) is 0 Å². The molecule has 1 unspecified atom stereocenters. The van der Waals surface area contributed by atoms with E-state index in [1.165, 1.54) is 0 Å². The van der Waals surface area contributed by atoms with Gasteiger partial charge in [0.05, 0.1) is 6.10 Å². The van der Waals surface area contributed by atoms with Gasteiger partial charge in [-0.15, -0.1) is 0 Å². The van der Waals surface area contributed by atoms with E-state index in [0.717, 1.165) is 13.1 Å². The highest BCUT2D eigenvalue weighted by atomic mass is 16.5. The normalized spacial score (nSPS) is 12.1. The summed E-state index contributed by atoms with van der Waals surface area (Å²) in [6, 6.07) is 0. The summed E-state index contributed by atoms with van der Waals surface area (Å²) in [6.45, 7) is 11.2. The first-order valence-electron chi connectivity index (χ1n) is 7.18. The van der Waals surface area contributed by atoms with Gasteiger partial charge in [0.15, 0.2) is 0 Å². The quantitative estimate of drug-likeness (QED) is 0.712. The maximum Gasteiger partial charge on any atom is 0.231 e.